The van der Waals surface area contributed by atoms with E-state index in [1.807, 2.05) is 25.2 Å². The van der Waals surface area contributed by atoms with Crippen molar-refractivity contribution in [1.29, 1.82) is 0 Å². The number of methoxy groups -OCH3 is 1. The van der Waals surface area contributed by atoms with Crippen LogP contribution in [0.25, 0.3) is 0 Å². The fraction of sp³-hybridized carbons (Fsp3) is 0.550. The van der Waals surface area contributed by atoms with Crippen molar-refractivity contribution in [1.82, 2.24) is 4.90 Å². The zero-order valence-corrected chi connectivity index (χ0v) is 17.0. The predicted octanol–water partition coefficient (Wildman–Crippen LogP) is 0.727. The lowest BCUT2D eigenvalue weighted by molar-refractivity contribution is -0.738. The van der Waals surface area contributed by atoms with Crippen molar-refractivity contribution >= 4 is 35.0 Å². The highest BCUT2D eigenvalue weighted by Gasteiger charge is 2.74. The monoisotopic (exact) mass is 406 g/mol. The molecule has 28 heavy (non-hydrogen) atoms. The third kappa shape index (κ3) is 2.46. The summed E-state index contributed by atoms with van der Waals surface area (Å²) < 4.78 is 5.06. The average Bonchev–Trinajstić information content (AvgIpc) is 3.24. The summed E-state index contributed by atoms with van der Waals surface area (Å²) in [6, 6.07) is 5.17. The minimum atomic E-state index is -1.15. The Bertz CT molecular complexity index is 858. The van der Waals surface area contributed by atoms with Gasteiger partial charge in [0, 0.05) is 31.7 Å². The van der Waals surface area contributed by atoms with E-state index < -0.39 is 17.4 Å². The van der Waals surface area contributed by atoms with Crippen molar-refractivity contribution < 1.29 is 24.4 Å². The number of hydrogen-bond donors (Lipinski definition) is 2. The molecule has 3 amide bonds. The molecule has 3 N–H and O–H groups in total. The molecule has 4 rings (SSSR count). The average molecular weight is 407 g/mol. The van der Waals surface area contributed by atoms with Crippen molar-refractivity contribution in [2.75, 3.05) is 25.6 Å². The number of carbonyl (C=O) groups excluding carboxylic acids is 3. The van der Waals surface area contributed by atoms with Gasteiger partial charge in [0.2, 0.25) is 17.4 Å². The number of rotatable bonds is 5. The van der Waals surface area contributed by atoms with Gasteiger partial charge in [0.05, 0.1) is 10.7 Å². The third-order valence-corrected chi connectivity index (χ3v) is 6.69. The summed E-state index contributed by atoms with van der Waals surface area (Å²) in [7, 11) is 1.59. The van der Waals surface area contributed by atoms with Gasteiger partial charge in [0.1, 0.15) is 17.9 Å². The number of amides is 3. The number of para-hydroxylation sites is 1. The fourth-order valence-electron chi connectivity index (χ4n) is 5.13. The summed E-state index contributed by atoms with van der Waals surface area (Å²) >= 11 is 6.31. The summed E-state index contributed by atoms with van der Waals surface area (Å²) in [5.41, 5.74) is 0.0949. The maximum absolute atomic E-state index is 13.4. The van der Waals surface area contributed by atoms with E-state index in [2.05, 4.69) is 5.32 Å². The van der Waals surface area contributed by atoms with Gasteiger partial charge in [-0.1, -0.05) is 31.5 Å². The van der Waals surface area contributed by atoms with Crippen LogP contribution in [-0.2, 0) is 24.7 Å². The molecule has 0 aromatic heterocycles. The molecule has 1 aromatic carbocycles. The van der Waals surface area contributed by atoms with E-state index in [4.69, 9.17) is 16.3 Å². The van der Waals surface area contributed by atoms with Crippen molar-refractivity contribution in [3.8, 4) is 0 Å². The normalized spacial score (nSPS) is 31.1. The molecule has 3 heterocycles. The van der Waals surface area contributed by atoms with Crippen molar-refractivity contribution in [3.05, 3.63) is 28.8 Å². The molecule has 0 aliphatic carbocycles. The first-order valence-corrected chi connectivity index (χ1v) is 10.0. The molecule has 0 unspecified atom stereocenters. The van der Waals surface area contributed by atoms with Crippen molar-refractivity contribution in [3.63, 3.8) is 0 Å². The van der Waals surface area contributed by atoms with Crippen LogP contribution in [0.1, 0.15) is 25.8 Å². The molecule has 3 aliphatic rings. The van der Waals surface area contributed by atoms with E-state index in [1.54, 1.807) is 19.2 Å². The van der Waals surface area contributed by atoms with Crippen LogP contribution in [0.2, 0.25) is 5.02 Å². The van der Waals surface area contributed by atoms with Gasteiger partial charge in [0.25, 0.3) is 5.91 Å². The molecule has 3 aliphatic heterocycles. The summed E-state index contributed by atoms with van der Waals surface area (Å²) in [5, 5.41) is 5.25. The quantitative estimate of drug-likeness (QED) is 0.557. The standard InChI is InChI=1S/C20H24ClN3O4/c1-10(2)15-13-14(18(26)24(17(13)25)8-5-9-28-3)20(23-15)11-6-4-7-12(21)16(11)22-19(20)27/h4,6-7,10,13-15,23H,5,8-9H2,1-3H3,(H,22,27)/p+1/t13-,14-,15-,20-/m0/s1. The molecule has 0 bridgehead atoms. The van der Waals surface area contributed by atoms with E-state index in [0.717, 1.165) is 0 Å². The van der Waals surface area contributed by atoms with Crippen LogP contribution in [0.4, 0.5) is 5.69 Å². The molecule has 2 saturated heterocycles. The zero-order chi connectivity index (χ0) is 20.2. The number of halogens is 1. The summed E-state index contributed by atoms with van der Waals surface area (Å²) in [6.07, 6.45) is 0.574. The lowest BCUT2D eigenvalue weighted by atomic mass is 9.76. The van der Waals surface area contributed by atoms with Crippen LogP contribution in [0.5, 0.6) is 0 Å². The first kappa shape index (κ1) is 19.4. The maximum atomic E-state index is 13.4. The Balaban J connectivity index is 1.81. The molecular weight excluding hydrogens is 382 g/mol. The SMILES string of the molecule is COCCCN1C(=O)[C@H]2[C@@H](C1=O)[C@]1([NH2+][C@H]2C(C)C)C(=O)Nc2c(Cl)cccc21. The lowest BCUT2D eigenvalue weighted by Crippen LogP contribution is -2.99. The Morgan fingerprint density at radius 1 is 1.29 bits per heavy atom. The minimum Gasteiger partial charge on any atom is -0.385 e. The second-order valence-corrected chi connectivity index (χ2v) is 8.56. The van der Waals surface area contributed by atoms with Gasteiger partial charge in [-0.15, -0.1) is 0 Å². The molecule has 7 nitrogen and oxygen atoms in total. The number of imide groups is 1. The Labute approximate surface area is 168 Å². The van der Waals surface area contributed by atoms with Gasteiger partial charge in [-0.25, -0.2) is 0 Å². The largest absolute Gasteiger partial charge is 0.385 e. The van der Waals surface area contributed by atoms with E-state index in [9.17, 15) is 14.4 Å². The molecule has 2 fully saturated rings. The summed E-state index contributed by atoms with van der Waals surface area (Å²) in [6.45, 7) is 4.82. The molecular formula is C20H25ClN3O4+. The molecule has 1 spiro atoms. The van der Waals surface area contributed by atoms with Crippen LogP contribution < -0.4 is 10.6 Å². The Kier molecular flexibility index (Phi) is 4.72. The number of anilines is 1. The number of fused-ring (bicyclic) bond motifs is 4. The van der Waals surface area contributed by atoms with Crippen LogP contribution in [0, 0.1) is 17.8 Å². The smallest absolute Gasteiger partial charge is 0.291 e. The fourth-order valence-corrected chi connectivity index (χ4v) is 5.35. The summed E-state index contributed by atoms with van der Waals surface area (Å²) in [5.74, 6) is -1.85. The van der Waals surface area contributed by atoms with Crippen LogP contribution in [0.15, 0.2) is 18.2 Å². The highest BCUT2D eigenvalue weighted by Crippen LogP contribution is 2.51. The molecule has 0 saturated carbocycles. The number of quaternary nitrogens is 1. The van der Waals surface area contributed by atoms with Gasteiger partial charge in [-0.05, 0) is 18.6 Å². The van der Waals surface area contributed by atoms with Crippen LogP contribution in [0.3, 0.4) is 0 Å². The second-order valence-electron chi connectivity index (χ2n) is 8.15. The third-order valence-electron chi connectivity index (χ3n) is 6.38. The van der Waals surface area contributed by atoms with Crippen molar-refractivity contribution in [2.24, 2.45) is 17.8 Å². The number of benzene rings is 1. The Hall–Kier alpha value is -1.96. The van der Waals surface area contributed by atoms with Crippen LogP contribution in [-0.4, -0.2) is 48.9 Å². The molecule has 150 valence electrons. The predicted molar refractivity (Wildman–Crippen MR) is 103 cm³/mol. The maximum Gasteiger partial charge on any atom is 0.291 e. The van der Waals surface area contributed by atoms with Gasteiger partial charge < -0.3 is 15.4 Å². The number of nitrogens with one attached hydrogen (secondary N) is 1. The minimum absolute atomic E-state index is 0.124. The van der Waals surface area contributed by atoms with Gasteiger partial charge in [0.15, 0.2) is 0 Å². The first-order valence-electron chi connectivity index (χ1n) is 9.65. The number of ether oxygens (including phenoxy) is 1. The van der Waals surface area contributed by atoms with Gasteiger partial charge in [-0.3, -0.25) is 19.3 Å². The molecule has 8 heteroatoms. The van der Waals surface area contributed by atoms with Crippen LogP contribution >= 0.6 is 11.6 Å². The number of carbonyl (C=O) groups is 3. The van der Waals surface area contributed by atoms with E-state index in [-0.39, 0.29) is 29.7 Å². The van der Waals surface area contributed by atoms with Gasteiger partial charge >= 0.3 is 0 Å². The topological polar surface area (TPSA) is 92.3 Å². The highest BCUT2D eigenvalue weighted by molar-refractivity contribution is 6.35. The van der Waals surface area contributed by atoms with Gasteiger partial charge in [-0.2, -0.15) is 0 Å². The summed E-state index contributed by atoms with van der Waals surface area (Å²) in [4.78, 5) is 41.2. The van der Waals surface area contributed by atoms with Crippen molar-refractivity contribution in [2.45, 2.75) is 31.8 Å². The number of likely N-dealkylation sites (tertiary alicyclic amines) is 1. The van der Waals surface area contributed by atoms with E-state index >= 15 is 0 Å². The number of nitrogens with zero attached hydrogens (tertiary/aromatic N) is 1. The zero-order valence-electron chi connectivity index (χ0n) is 16.2. The number of nitrogens with two attached hydrogens (primary N) is 1. The lowest BCUT2D eigenvalue weighted by Gasteiger charge is -2.27. The Morgan fingerprint density at radius 3 is 2.71 bits per heavy atom. The number of hydrogen-bond acceptors (Lipinski definition) is 4. The molecule has 1 aromatic rings. The molecule has 4 atom stereocenters. The second kappa shape index (κ2) is 6.83. The highest BCUT2D eigenvalue weighted by atomic mass is 35.5. The Morgan fingerprint density at radius 2 is 2.04 bits per heavy atom. The molecule has 0 radical (unpaired) electrons. The van der Waals surface area contributed by atoms with E-state index in [1.165, 1.54) is 4.90 Å². The first-order chi connectivity index (χ1) is 13.3. The van der Waals surface area contributed by atoms with E-state index in [0.29, 0.717) is 35.8 Å².